The standard InChI is InChI=1S/C17H21F3N4O4/c1-2-28-15(27)11-9-23(16-21-7-10(8-22-16)17(18,19)20)5-3-12(11)24-6-4-13(25)14(24)26/h7-8,11-13,25H,2-6,9H2,1H3/t11?,12?,13-/m1/s1. The molecule has 1 aromatic rings. The van der Waals surface area contributed by atoms with Gasteiger partial charge in [-0.3, -0.25) is 9.59 Å². The van der Waals surface area contributed by atoms with Crippen molar-refractivity contribution in [3.05, 3.63) is 18.0 Å². The van der Waals surface area contributed by atoms with E-state index in [1.54, 1.807) is 11.8 Å². The Morgan fingerprint density at radius 3 is 2.50 bits per heavy atom. The van der Waals surface area contributed by atoms with Crippen LogP contribution in [0.1, 0.15) is 25.3 Å². The molecule has 2 aliphatic rings. The third-order valence-electron chi connectivity index (χ3n) is 5.03. The van der Waals surface area contributed by atoms with E-state index in [4.69, 9.17) is 4.74 Å². The predicted octanol–water partition coefficient (Wildman–Crippen LogP) is 0.847. The molecule has 3 rings (SSSR count). The maximum atomic E-state index is 12.7. The molecule has 0 aliphatic carbocycles. The van der Waals surface area contributed by atoms with E-state index in [-0.39, 0.29) is 19.1 Å². The number of carbonyl (C=O) groups is 2. The van der Waals surface area contributed by atoms with Crippen LogP contribution in [0, 0.1) is 5.92 Å². The van der Waals surface area contributed by atoms with Crippen LogP contribution in [0.3, 0.4) is 0 Å². The SMILES string of the molecule is CCOC(=O)C1CN(c2ncc(C(F)(F)F)cn2)CCC1N1CC[C@@H](O)C1=O. The summed E-state index contributed by atoms with van der Waals surface area (Å²) in [5.41, 5.74) is -0.954. The molecule has 0 spiro atoms. The highest BCUT2D eigenvalue weighted by Gasteiger charge is 2.44. The first-order chi connectivity index (χ1) is 13.2. The molecule has 1 N–H and O–H groups in total. The summed E-state index contributed by atoms with van der Waals surface area (Å²) in [6, 6.07) is -0.450. The van der Waals surface area contributed by atoms with E-state index in [1.165, 1.54) is 4.90 Å². The quantitative estimate of drug-likeness (QED) is 0.746. The molecule has 0 bridgehead atoms. The van der Waals surface area contributed by atoms with Crippen molar-refractivity contribution in [1.29, 1.82) is 0 Å². The Bertz CT molecular complexity index is 728. The molecule has 1 amide bonds. The van der Waals surface area contributed by atoms with Crippen molar-refractivity contribution in [1.82, 2.24) is 14.9 Å². The van der Waals surface area contributed by atoms with Gasteiger partial charge in [0.2, 0.25) is 5.95 Å². The maximum Gasteiger partial charge on any atom is 0.419 e. The van der Waals surface area contributed by atoms with E-state index in [0.29, 0.717) is 38.3 Å². The smallest absolute Gasteiger partial charge is 0.419 e. The summed E-state index contributed by atoms with van der Waals surface area (Å²) in [6.45, 7) is 2.63. The minimum atomic E-state index is -4.53. The van der Waals surface area contributed by atoms with Crippen LogP contribution in [0.5, 0.6) is 0 Å². The van der Waals surface area contributed by atoms with Crippen molar-refractivity contribution >= 4 is 17.8 Å². The maximum absolute atomic E-state index is 12.7. The second-order valence-corrected chi connectivity index (χ2v) is 6.77. The number of hydrogen-bond acceptors (Lipinski definition) is 7. The van der Waals surface area contributed by atoms with Crippen molar-refractivity contribution in [2.45, 2.75) is 38.1 Å². The average molecular weight is 402 g/mol. The van der Waals surface area contributed by atoms with E-state index in [0.717, 1.165) is 0 Å². The number of hydrogen-bond donors (Lipinski definition) is 1. The summed E-state index contributed by atoms with van der Waals surface area (Å²) in [7, 11) is 0. The Morgan fingerprint density at radius 1 is 1.29 bits per heavy atom. The van der Waals surface area contributed by atoms with Gasteiger partial charge in [-0.25, -0.2) is 9.97 Å². The van der Waals surface area contributed by atoms with Gasteiger partial charge in [0.15, 0.2) is 0 Å². The molecule has 2 fully saturated rings. The molecular weight excluding hydrogens is 381 g/mol. The van der Waals surface area contributed by atoms with Gasteiger partial charge in [-0.2, -0.15) is 13.2 Å². The molecule has 2 saturated heterocycles. The van der Waals surface area contributed by atoms with Gasteiger partial charge in [0, 0.05) is 38.1 Å². The van der Waals surface area contributed by atoms with Crippen LogP contribution in [0.4, 0.5) is 19.1 Å². The molecule has 1 aromatic heterocycles. The van der Waals surface area contributed by atoms with Crippen LogP contribution in [-0.2, 0) is 20.5 Å². The van der Waals surface area contributed by atoms with Gasteiger partial charge in [-0.1, -0.05) is 0 Å². The van der Waals surface area contributed by atoms with Crippen LogP contribution < -0.4 is 4.90 Å². The molecule has 11 heteroatoms. The summed E-state index contributed by atoms with van der Waals surface area (Å²) >= 11 is 0. The highest BCUT2D eigenvalue weighted by molar-refractivity contribution is 5.84. The molecule has 0 saturated carbocycles. The van der Waals surface area contributed by atoms with Crippen LogP contribution in [0.25, 0.3) is 0 Å². The second kappa shape index (κ2) is 7.90. The fraction of sp³-hybridized carbons (Fsp3) is 0.647. The van der Waals surface area contributed by atoms with Gasteiger partial charge in [0.1, 0.15) is 6.10 Å². The Kier molecular flexibility index (Phi) is 5.73. The number of likely N-dealkylation sites (tertiary alicyclic amines) is 1. The highest BCUT2D eigenvalue weighted by Crippen LogP contribution is 2.31. The van der Waals surface area contributed by atoms with Gasteiger partial charge < -0.3 is 19.6 Å². The number of anilines is 1. The fourth-order valence-electron chi connectivity index (χ4n) is 3.62. The highest BCUT2D eigenvalue weighted by atomic mass is 19.4. The zero-order chi connectivity index (χ0) is 20.5. The average Bonchev–Trinajstić information content (AvgIpc) is 2.99. The zero-order valence-corrected chi connectivity index (χ0v) is 15.2. The Hall–Kier alpha value is -2.43. The van der Waals surface area contributed by atoms with Crippen molar-refractivity contribution in [2.24, 2.45) is 5.92 Å². The van der Waals surface area contributed by atoms with E-state index >= 15 is 0 Å². The molecule has 154 valence electrons. The first-order valence-electron chi connectivity index (χ1n) is 9.01. The van der Waals surface area contributed by atoms with E-state index in [2.05, 4.69) is 9.97 Å². The minimum Gasteiger partial charge on any atom is -0.466 e. The van der Waals surface area contributed by atoms with Crippen molar-refractivity contribution < 1.29 is 32.6 Å². The molecule has 28 heavy (non-hydrogen) atoms. The largest absolute Gasteiger partial charge is 0.466 e. The van der Waals surface area contributed by atoms with Gasteiger partial charge in [0.05, 0.1) is 18.1 Å². The summed E-state index contributed by atoms with van der Waals surface area (Å²) in [6.07, 6.45) is -3.51. The summed E-state index contributed by atoms with van der Waals surface area (Å²) in [4.78, 5) is 35.3. The molecule has 2 unspecified atom stereocenters. The lowest BCUT2D eigenvalue weighted by Crippen LogP contribution is -2.55. The van der Waals surface area contributed by atoms with Gasteiger partial charge >= 0.3 is 12.1 Å². The van der Waals surface area contributed by atoms with Crippen molar-refractivity contribution in [3.63, 3.8) is 0 Å². The number of rotatable bonds is 4. The lowest BCUT2D eigenvalue weighted by atomic mass is 9.91. The zero-order valence-electron chi connectivity index (χ0n) is 15.2. The van der Waals surface area contributed by atoms with Crippen molar-refractivity contribution in [2.75, 3.05) is 31.1 Å². The number of piperidine rings is 1. The number of esters is 1. The van der Waals surface area contributed by atoms with E-state index in [9.17, 15) is 27.9 Å². The number of carbonyl (C=O) groups excluding carboxylic acids is 2. The Balaban J connectivity index is 1.79. The molecule has 0 aromatic carbocycles. The molecule has 2 aliphatic heterocycles. The summed E-state index contributed by atoms with van der Waals surface area (Å²) in [5.74, 6) is -1.56. The predicted molar refractivity (Wildman–Crippen MR) is 90.1 cm³/mol. The van der Waals surface area contributed by atoms with Crippen LogP contribution >= 0.6 is 0 Å². The fourth-order valence-corrected chi connectivity index (χ4v) is 3.62. The number of aromatic nitrogens is 2. The minimum absolute atomic E-state index is 0.0773. The van der Waals surface area contributed by atoms with Crippen molar-refractivity contribution in [3.8, 4) is 0 Å². The lowest BCUT2D eigenvalue weighted by Gasteiger charge is -2.41. The second-order valence-electron chi connectivity index (χ2n) is 6.77. The monoisotopic (exact) mass is 402 g/mol. The van der Waals surface area contributed by atoms with Crippen LogP contribution in [0.2, 0.25) is 0 Å². The molecule has 3 heterocycles. The first kappa shape index (κ1) is 20.3. The number of aliphatic hydroxyl groups is 1. The van der Waals surface area contributed by atoms with Gasteiger partial charge in [0.25, 0.3) is 5.91 Å². The molecule has 0 radical (unpaired) electrons. The number of halogens is 3. The Labute approximate surface area is 159 Å². The van der Waals surface area contributed by atoms with E-state index in [1.807, 2.05) is 0 Å². The number of aliphatic hydroxyl groups excluding tert-OH is 1. The van der Waals surface area contributed by atoms with E-state index < -0.39 is 41.7 Å². The van der Waals surface area contributed by atoms with Crippen LogP contribution in [-0.4, -0.2) is 70.2 Å². The van der Waals surface area contributed by atoms with Gasteiger partial charge in [-0.05, 0) is 19.8 Å². The molecule has 8 nitrogen and oxygen atoms in total. The normalized spacial score (nSPS) is 25.9. The Morgan fingerprint density at radius 2 is 1.96 bits per heavy atom. The van der Waals surface area contributed by atoms with Crippen LogP contribution in [0.15, 0.2) is 12.4 Å². The third-order valence-corrected chi connectivity index (χ3v) is 5.03. The number of nitrogens with zero attached hydrogens (tertiary/aromatic N) is 4. The first-order valence-corrected chi connectivity index (χ1v) is 9.01. The third kappa shape index (κ3) is 4.03. The topological polar surface area (TPSA) is 95.9 Å². The number of ether oxygens (including phenoxy) is 1. The van der Waals surface area contributed by atoms with Gasteiger partial charge in [-0.15, -0.1) is 0 Å². The molecule has 3 atom stereocenters. The summed E-state index contributed by atoms with van der Waals surface area (Å²) in [5, 5.41) is 9.72. The summed E-state index contributed by atoms with van der Waals surface area (Å²) < 4.78 is 43.2. The lowest BCUT2D eigenvalue weighted by molar-refractivity contribution is -0.152. The number of alkyl halides is 3. The number of amides is 1. The molecular formula is C17H21F3N4O4.